The lowest BCUT2D eigenvalue weighted by Crippen LogP contribution is -2.79. The van der Waals surface area contributed by atoms with E-state index in [1.54, 1.807) is 0 Å². The van der Waals surface area contributed by atoms with Gasteiger partial charge in [-0.05, 0) is 51.9 Å². The van der Waals surface area contributed by atoms with Gasteiger partial charge in [0.2, 0.25) is 0 Å². The highest BCUT2D eigenvalue weighted by atomic mass is 32.2. The fourth-order valence-corrected chi connectivity index (χ4v) is 12.4. The fourth-order valence-electron chi connectivity index (χ4n) is 10.0. The van der Waals surface area contributed by atoms with Crippen LogP contribution in [-0.4, -0.2) is 163 Å². The largest absolute Gasteiger partial charge is 0.748 e. The molecule has 0 aromatic heterocycles. The summed E-state index contributed by atoms with van der Waals surface area (Å²) in [5.74, 6) is 0.00768. The van der Waals surface area contributed by atoms with E-state index in [1.165, 1.54) is 0 Å². The lowest BCUT2D eigenvalue weighted by molar-refractivity contribution is -0.173. The smallest absolute Gasteiger partial charge is 0.269 e. The van der Waals surface area contributed by atoms with Crippen molar-refractivity contribution in [1.82, 2.24) is 29.4 Å². The van der Waals surface area contributed by atoms with Crippen LogP contribution in [0.1, 0.15) is 26.7 Å². The second-order valence-electron chi connectivity index (χ2n) is 13.2. The van der Waals surface area contributed by atoms with Crippen molar-refractivity contribution >= 4 is 20.2 Å². The molecule has 6 rings (SSSR count). The quantitative estimate of drug-likeness (QED) is 0.401. The van der Waals surface area contributed by atoms with E-state index in [0.717, 1.165) is 39.5 Å². The minimum absolute atomic E-state index is 0.0632. The summed E-state index contributed by atoms with van der Waals surface area (Å²) in [6.45, 7) is 10.5. The zero-order valence-corrected chi connectivity index (χ0v) is 25.2. The summed E-state index contributed by atoms with van der Waals surface area (Å²) in [7, 11) is -4.75. The summed E-state index contributed by atoms with van der Waals surface area (Å²) in [5, 5.41) is -1.84. The summed E-state index contributed by atoms with van der Waals surface area (Å²) in [6.07, 6.45) is 0.792. The van der Waals surface area contributed by atoms with Gasteiger partial charge in [-0.25, -0.2) is 8.42 Å². The Morgan fingerprint density at radius 2 is 1.13 bits per heavy atom. The molecule has 0 radical (unpaired) electrons. The predicted octanol–water partition coefficient (Wildman–Crippen LogP) is -1.06. The molecular formula is C25H45N6O6S2-. The molecule has 39 heavy (non-hydrogen) atoms. The van der Waals surface area contributed by atoms with E-state index in [2.05, 4.69) is 43.2 Å². The van der Waals surface area contributed by atoms with E-state index in [-0.39, 0.29) is 47.8 Å². The van der Waals surface area contributed by atoms with Gasteiger partial charge in [-0.2, -0.15) is 8.42 Å². The minimum Gasteiger partial charge on any atom is -0.748 e. The van der Waals surface area contributed by atoms with Crippen molar-refractivity contribution in [3.63, 3.8) is 0 Å². The molecule has 12 unspecified atom stereocenters. The molecular weight excluding hydrogens is 544 g/mol. The monoisotopic (exact) mass is 589 g/mol. The number of fused-ring (bicyclic) bond motifs is 10. The van der Waals surface area contributed by atoms with Crippen molar-refractivity contribution in [2.24, 2.45) is 23.7 Å². The molecule has 14 heteroatoms. The Balaban J connectivity index is 1.42. The Morgan fingerprint density at radius 3 is 1.54 bits per heavy atom. The summed E-state index contributed by atoms with van der Waals surface area (Å²) in [5.41, 5.74) is 0. The van der Waals surface area contributed by atoms with Crippen LogP contribution in [0.15, 0.2) is 0 Å². The van der Waals surface area contributed by atoms with Crippen LogP contribution in [0.25, 0.3) is 0 Å². The SMILES string of the molecule is CCN1CN(C)CC2CC(S(=O)(=O)[O-])C3C(CN4CN3CC3C5C(CC(S(=O)(=O)O)C34)CN(C)CN5CC)C21. The normalized spacial score (nSPS) is 48.1. The van der Waals surface area contributed by atoms with Gasteiger partial charge in [0.25, 0.3) is 10.1 Å². The van der Waals surface area contributed by atoms with Gasteiger partial charge in [-0.15, -0.1) is 0 Å². The Bertz CT molecular complexity index is 1070. The van der Waals surface area contributed by atoms with E-state index in [4.69, 9.17) is 0 Å². The average Bonchev–Trinajstić information content (AvgIpc) is 2.84. The fraction of sp³-hybridized carbons (Fsp3) is 1.00. The van der Waals surface area contributed by atoms with E-state index < -0.39 is 30.7 Å². The van der Waals surface area contributed by atoms with Gasteiger partial charge in [-0.3, -0.25) is 34.0 Å². The van der Waals surface area contributed by atoms with Crippen LogP contribution in [0.5, 0.6) is 0 Å². The van der Waals surface area contributed by atoms with Gasteiger partial charge < -0.3 is 4.55 Å². The minimum atomic E-state index is -4.53. The molecule has 2 aliphatic carbocycles. The Labute approximate surface area is 233 Å². The molecule has 0 spiro atoms. The van der Waals surface area contributed by atoms with Crippen LogP contribution in [0.3, 0.4) is 0 Å². The molecule has 0 amide bonds. The van der Waals surface area contributed by atoms with Crippen molar-refractivity contribution in [1.29, 1.82) is 0 Å². The summed E-state index contributed by atoms with van der Waals surface area (Å²) < 4.78 is 74.7. The molecule has 4 aliphatic heterocycles. The predicted molar refractivity (Wildman–Crippen MR) is 145 cm³/mol. The molecule has 1 N–H and O–H groups in total. The van der Waals surface area contributed by atoms with Gasteiger partial charge in [0.1, 0.15) is 5.25 Å². The maximum absolute atomic E-state index is 12.9. The second kappa shape index (κ2) is 10.1. The third-order valence-electron chi connectivity index (χ3n) is 11.0. The van der Waals surface area contributed by atoms with E-state index >= 15 is 0 Å². The third kappa shape index (κ3) is 4.80. The molecule has 12 nitrogen and oxygen atoms in total. The van der Waals surface area contributed by atoms with E-state index in [9.17, 15) is 25.9 Å². The lowest BCUT2D eigenvalue weighted by Gasteiger charge is -2.67. The molecule has 0 aromatic rings. The van der Waals surface area contributed by atoms with Gasteiger partial charge >= 0.3 is 0 Å². The zero-order valence-electron chi connectivity index (χ0n) is 23.5. The Morgan fingerprint density at radius 1 is 0.692 bits per heavy atom. The molecule has 2 bridgehead atoms. The molecule has 6 fully saturated rings. The molecule has 4 heterocycles. The van der Waals surface area contributed by atoms with Crippen molar-refractivity contribution in [2.75, 3.05) is 73.4 Å². The molecule has 4 saturated heterocycles. The maximum Gasteiger partial charge on any atom is 0.269 e. The van der Waals surface area contributed by atoms with Crippen LogP contribution in [0.4, 0.5) is 0 Å². The van der Waals surface area contributed by atoms with Crippen molar-refractivity contribution in [3.8, 4) is 0 Å². The number of nitrogens with zero attached hydrogens (tertiary/aromatic N) is 6. The first-order valence-electron chi connectivity index (χ1n) is 14.6. The zero-order chi connectivity index (χ0) is 28.0. The van der Waals surface area contributed by atoms with Gasteiger partial charge in [0, 0.05) is 62.2 Å². The van der Waals surface area contributed by atoms with Crippen LogP contribution in [0.2, 0.25) is 0 Å². The molecule has 224 valence electrons. The van der Waals surface area contributed by atoms with Crippen molar-refractivity contribution in [2.45, 2.75) is 61.4 Å². The summed E-state index contributed by atoms with van der Waals surface area (Å²) in [6, 6.07) is -0.438. The topological polar surface area (TPSA) is 131 Å². The van der Waals surface area contributed by atoms with E-state index in [0.29, 0.717) is 32.6 Å². The van der Waals surface area contributed by atoms with Crippen molar-refractivity contribution in [3.05, 3.63) is 0 Å². The first-order chi connectivity index (χ1) is 18.3. The Hall–Kier alpha value is -0.420. The maximum atomic E-state index is 12.9. The van der Waals surface area contributed by atoms with Crippen LogP contribution in [0, 0.1) is 23.7 Å². The standard InChI is InChI=1S/C25H46N6O6S2/c1-5-28-13-26(3)9-16-7-20(38(32,33)34)24-18(22(16)28)11-30-15-31(24)12-19-23-17(10-27(4)14-29(23)6-2)8-21(25(19)30)39(35,36)37/h16-25H,5-15H2,1-4H3,(H,32,33,34)(H,35,36,37)/p-1. The van der Waals surface area contributed by atoms with Crippen LogP contribution < -0.4 is 0 Å². The molecule has 12 atom stereocenters. The Kier molecular flexibility index (Phi) is 7.43. The second-order valence-corrected chi connectivity index (χ2v) is 16.4. The number of rotatable bonds is 4. The molecule has 0 aromatic carbocycles. The highest BCUT2D eigenvalue weighted by molar-refractivity contribution is 7.86. The average molecular weight is 590 g/mol. The lowest BCUT2D eigenvalue weighted by atomic mass is 9.65. The highest BCUT2D eigenvalue weighted by Gasteiger charge is 2.62. The molecule has 2 saturated carbocycles. The van der Waals surface area contributed by atoms with Crippen molar-refractivity contribution < 1.29 is 25.9 Å². The summed E-state index contributed by atoms with van der Waals surface area (Å²) >= 11 is 0. The van der Waals surface area contributed by atoms with Gasteiger partial charge in [0.15, 0.2) is 0 Å². The van der Waals surface area contributed by atoms with Crippen LogP contribution >= 0.6 is 0 Å². The number of hydrogen-bond donors (Lipinski definition) is 1. The number of hydrogen-bond acceptors (Lipinski definition) is 11. The van der Waals surface area contributed by atoms with Crippen LogP contribution in [-0.2, 0) is 20.2 Å². The summed E-state index contributed by atoms with van der Waals surface area (Å²) in [4.78, 5) is 13.7. The first-order valence-corrected chi connectivity index (χ1v) is 17.5. The first kappa shape index (κ1) is 28.7. The van der Waals surface area contributed by atoms with Gasteiger partial charge in [-0.1, -0.05) is 13.8 Å². The molecule has 6 aliphatic rings. The van der Waals surface area contributed by atoms with E-state index in [1.807, 2.05) is 14.1 Å². The highest BCUT2D eigenvalue weighted by Crippen LogP contribution is 2.50. The van der Waals surface area contributed by atoms with Gasteiger partial charge in [0.05, 0.1) is 35.4 Å². The third-order valence-corrected chi connectivity index (χ3v) is 13.4.